The van der Waals surface area contributed by atoms with Crippen LogP contribution in [0.25, 0.3) is 27.5 Å². The van der Waals surface area contributed by atoms with Crippen molar-refractivity contribution in [2.75, 3.05) is 0 Å². The van der Waals surface area contributed by atoms with Gasteiger partial charge < -0.3 is 14.8 Å². The van der Waals surface area contributed by atoms with E-state index >= 15 is 0 Å². The zero-order chi connectivity index (χ0) is 23.5. The molecule has 0 bridgehead atoms. The first kappa shape index (κ1) is 21.6. The predicted octanol–water partition coefficient (Wildman–Crippen LogP) is 5.38. The lowest BCUT2D eigenvalue weighted by molar-refractivity contribution is -0.162. The number of halogens is 2. The first-order chi connectivity index (χ1) is 15.7. The molecule has 2 aromatic carbocycles. The van der Waals surface area contributed by atoms with E-state index in [1.165, 1.54) is 6.07 Å². The molecule has 0 unspecified atom stereocenters. The summed E-state index contributed by atoms with van der Waals surface area (Å²) < 4.78 is 29.9. The van der Waals surface area contributed by atoms with Crippen LogP contribution in [-0.2, 0) is 4.79 Å². The van der Waals surface area contributed by atoms with E-state index in [4.69, 9.17) is 0 Å². The molecule has 0 atom stereocenters. The summed E-state index contributed by atoms with van der Waals surface area (Å²) in [5.41, 5.74) is 2.57. The number of carboxylic acid groups (broad SMARTS) is 1. The van der Waals surface area contributed by atoms with Crippen LogP contribution in [0.2, 0.25) is 0 Å². The molecule has 3 N–H and O–H groups in total. The van der Waals surface area contributed by atoms with Crippen molar-refractivity contribution in [3.63, 3.8) is 0 Å². The van der Waals surface area contributed by atoms with Crippen molar-refractivity contribution in [1.29, 1.82) is 0 Å². The number of fused-ring (bicyclic) bond motifs is 2. The summed E-state index contributed by atoms with van der Waals surface area (Å²) in [6.45, 7) is 4.11. The third kappa shape index (κ3) is 3.40. The Morgan fingerprint density at radius 3 is 2.55 bits per heavy atom. The topological polar surface area (TPSA) is 91.1 Å². The summed E-state index contributed by atoms with van der Waals surface area (Å²) in [5, 5.41) is 28.9. The van der Waals surface area contributed by atoms with E-state index in [2.05, 4.69) is 24.0 Å². The molecule has 2 aromatic heterocycles. The van der Waals surface area contributed by atoms with Crippen molar-refractivity contribution >= 4 is 27.8 Å². The fraction of sp³-hybridized carbons (Fsp3) is 0.360. The van der Waals surface area contributed by atoms with Crippen molar-refractivity contribution in [3.05, 3.63) is 59.4 Å². The Labute approximate surface area is 188 Å². The number of benzene rings is 2. The van der Waals surface area contributed by atoms with Crippen LogP contribution in [0.15, 0.2) is 36.5 Å². The van der Waals surface area contributed by atoms with Crippen LogP contribution in [0.5, 0.6) is 0 Å². The second-order valence-electron chi connectivity index (χ2n) is 9.33. The number of H-pyrrole nitrogens is 1. The second-order valence-corrected chi connectivity index (χ2v) is 9.33. The van der Waals surface area contributed by atoms with Crippen LogP contribution in [0.4, 0.5) is 8.78 Å². The molecule has 1 aliphatic rings. The zero-order valence-electron chi connectivity index (χ0n) is 18.4. The smallest absolute Gasteiger partial charge is 0.335 e. The number of carboxylic acids is 1. The Hall–Kier alpha value is -3.26. The maximum atomic E-state index is 14.2. The molecule has 5 rings (SSSR count). The highest BCUT2D eigenvalue weighted by molar-refractivity contribution is 5.99. The van der Waals surface area contributed by atoms with Gasteiger partial charge in [0.1, 0.15) is 0 Å². The summed E-state index contributed by atoms with van der Waals surface area (Å²) >= 11 is 0. The zero-order valence-corrected chi connectivity index (χ0v) is 18.4. The largest absolute Gasteiger partial charge is 0.479 e. The first-order valence-electron chi connectivity index (χ1n) is 11.1. The van der Waals surface area contributed by atoms with Crippen LogP contribution in [0.3, 0.4) is 0 Å². The van der Waals surface area contributed by atoms with Gasteiger partial charge in [-0.1, -0.05) is 13.8 Å². The molecule has 2 heterocycles. The molecule has 0 aliphatic heterocycles. The van der Waals surface area contributed by atoms with E-state index < -0.39 is 23.2 Å². The van der Waals surface area contributed by atoms with Crippen LogP contribution >= 0.6 is 0 Å². The van der Waals surface area contributed by atoms with Gasteiger partial charge in [0.05, 0.1) is 17.2 Å². The van der Waals surface area contributed by atoms with E-state index in [-0.39, 0.29) is 24.7 Å². The number of carbonyl (C=O) groups is 1. The number of aromatic nitrogens is 3. The van der Waals surface area contributed by atoms with Gasteiger partial charge in [0.25, 0.3) is 0 Å². The monoisotopic (exact) mass is 453 g/mol. The number of rotatable bonds is 4. The Bertz CT molecular complexity index is 1380. The third-order valence-corrected chi connectivity index (χ3v) is 6.93. The quantitative estimate of drug-likeness (QED) is 0.387. The lowest BCUT2D eigenvalue weighted by Gasteiger charge is -2.33. The highest BCUT2D eigenvalue weighted by Gasteiger charge is 2.41. The normalized spacial score (nSPS) is 21.3. The molecule has 0 amide bonds. The molecular weight excluding hydrogens is 428 g/mol. The van der Waals surface area contributed by atoms with Crippen LogP contribution in [-0.4, -0.2) is 36.5 Å². The van der Waals surface area contributed by atoms with Crippen molar-refractivity contribution in [2.45, 2.75) is 57.0 Å². The van der Waals surface area contributed by atoms with Gasteiger partial charge in [-0.3, -0.25) is 5.10 Å². The van der Waals surface area contributed by atoms with E-state index in [0.717, 1.165) is 39.1 Å². The van der Waals surface area contributed by atoms with E-state index in [0.29, 0.717) is 18.5 Å². The minimum absolute atomic E-state index is 0.0245. The molecule has 1 aliphatic carbocycles. The van der Waals surface area contributed by atoms with Crippen molar-refractivity contribution in [1.82, 2.24) is 14.8 Å². The van der Waals surface area contributed by atoms with Crippen molar-refractivity contribution < 1.29 is 23.8 Å². The highest BCUT2D eigenvalue weighted by Crippen LogP contribution is 2.46. The predicted molar refractivity (Wildman–Crippen MR) is 121 cm³/mol. The maximum absolute atomic E-state index is 14.2. The van der Waals surface area contributed by atoms with Gasteiger partial charge in [0.2, 0.25) is 0 Å². The van der Waals surface area contributed by atoms with E-state index in [9.17, 15) is 23.8 Å². The molecule has 8 heteroatoms. The van der Waals surface area contributed by atoms with Gasteiger partial charge in [-0.05, 0) is 67.3 Å². The molecule has 172 valence electrons. The first-order valence-corrected chi connectivity index (χ1v) is 11.1. The Morgan fingerprint density at radius 2 is 1.91 bits per heavy atom. The molecular formula is C25H25F2N3O3. The Kier molecular flexibility index (Phi) is 5.01. The Balaban J connectivity index is 1.77. The summed E-state index contributed by atoms with van der Waals surface area (Å²) in [6.07, 6.45) is 3.07. The molecule has 6 nitrogen and oxygen atoms in total. The van der Waals surface area contributed by atoms with Gasteiger partial charge >= 0.3 is 5.97 Å². The summed E-state index contributed by atoms with van der Waals surface area (Å²) in [5.74, 6) is -2.93. The average Bonchev–Trinajstić information content (AvgIpc) is 3.36. The summed E-state index contributed by atoms with van der Waals surface area (Å²) in [7, 11) is 0. The number of nitrogens with zero attached hydrogens (tertiary/aromatic N) is 2. The lowest BCUT2D eigenvalue weighted by Crippen LogP contribution is -2.41. The van der Waals surface area contributed by atoms with Gasteiger partial charge in [-0.25, -0.2) is 13.6 Å². The molecule has 4 aromatic rings. The maximum Gasteiger partial charge on any atom is 0.335 e. The van der Waals surface area contributed by atoms with Crippen molar-refractivity contribution in [2.24, 2.45) is 0 Å². The lowest BCUT2D eigenvalue weighted by atomic mass is 9.74. The van der Waals surface area contributed by atoms with E-state index in [1.807, 2.05) is 16.7 Å². The second kappa shape index (κ2) is 7.66. The standard InChI is InChI=1S/C25H25F2N3O3/c1-13(2)23-22(14-5-7-25(33,8-6-14)24(31)32)17-11-20-15(12-28-29-20)9-21(17)30(23)16-3-4-18(26)19(27)10-16/h3-4,9-14,33H,5-8H2,1-2H3,(H,28,29)(H,31,32)/t14-,25+. The number of aliphatic carboxylic acids is 1. The molecule has 0 saturated heterocycles. The SMILES string of the molecule is CC(C)c1c([C@H]2CC[C@](O)(C(=O)O)CC2)c2cc3[nH]ncc3cc2n1-c1ccc(F)c(F)c1. The van der Waals surface area contributed by atoms with E-state index in [1.54, 1.807) is 12.3 Å². The van der Waals surface area contributed by atoms with Gasteiger partial charge in [0, 0.05) is 28.2 Å². The minimum Gasteiger partial charge on any atom is -0.479 e. The number of hydrogen-bond donors (Lipinski definition) is 3. The number of hydrogen-bond acceptors (Lipinski definition) is 3. The van der Waals surface area contributed by atoms with Gasteiger partial charge in [0.15, 0.2) is 17.2 Å². The summed E-state index contributed by atoms with van der Waals surface area (Å²) in [4.78, 5) is 11.5. The molecule has 1 saturated carbocycles. The fourth-order valence-corrected chi connectivity index (χ4v) is 5.27. The average molecular weight is 453 g/mol. The summed E-state index contributed by atoms with van der Waals surface area (Å²) in [6, 6.07) is 7.91. The number of aromatic amines is 1. The highest BCUT2D eigenvalue weighted by atomic mass is 19.2. The molecule has 0 spiro atoms. The van der Waals surface area contributed by atoms with Gasteiger partial charge in [-0.15, -0.1) is 0 Å². The van der Waals surface area contributed by atoms with Gasteiger partial charge in [-0.2, -0.15) is 5.10 Å². The van der Waals surface area contributed by atoms with Crippen molar-refractivity contribution in [3.8, 4) is 5.69 Å². The van der Waals surface area contributed by atoms with Crippen LogP contribution in [0.1, 0.15) is 62.6 Å². The van der Waals surface area contributed by atoms with Crippen LogP contribution < -0.4 is 0 Å². The molecule has 0 radical (unpaired) electrons. The Morgan fingerprint density at radius 1 is 1.18 bits per heavy atom. The minimum atomic E-state index is -1.70. The molecule has 1 fully saturated rings. The number of nitrogens with one attached hydrogen (secondary N) is 1. The molecule has 33 heavy (non-hydrogen) atoms. The third-order valence-electron chi connectivity index (χ3n) is 6.93. The van der Waals surface area contributed by atoms with Crippen LogP contribution in [0, 0.1) is 11.6 Å². The fourth-order valence-electron chi connectivity index (χ4n) is 5.27. The number of aliphatic hydroxyl groups is 1.